The maximum Gasteiger partial charge on any atom is 0.408 e. The number of carbonyl (C=O) groups excluding carboxylic acids is 1. The van der Waals surface area contributed by atoms with Crippen LogP contribution in [0.15, 0.2) is 36.5 Å². The molecule has 0 aliphatic carbocycles. The van der Waals surface area contributed by atoms with Gasteiger partial charge >= 0.3 is 6.09 Å². The van der Waals surface area contributed by atoms with Crippen LogP contribution in [0, 0.1) is 5.82 Å². The summed E-state index contributed by atoms with van der Waals surface area (Å²) in [6, 6.07) is 7.94. The largest absolute Gasteiger partial charge is 0.444 e. The van der Waals surface area contributed by atoms with Gasteiger partial charge in [-0.1, -0.05) is 6.07 Å². The molecule has 0 unspecified atom stereocenters. The van der Waals surface area contributed by atoms with Crippen molar-refractivity contribution in [3.63, 3.8) is 0 Å². The molecule has 0 spiro atoms. The summed E-state index contributed by atoms with van der Waals surface area (Å²) in [6.07, 6.45) is 1.09. The molecular weight excluding hydrogens is 347 g/mol. The highest BCUT2D eigenvalue weighted by atomic mass is 19.1. The van der Waals surface area contributed by atoms with Crippen molar-refractivity contribution in [2.24, 2.45) is 7.05 Å². The fraction of sp³-hybridized carbons (Fsp3) is 0.350. The number of hydrogen-bond donors (Lipinski definition) is 1. The van der Waals surface area contributed by atoms with Crippen molar-refractivity contribution in [2.45, 2.75) is 39.3 Å². The highest BCUT2D eigenvalue weighted by Crippen LogP contribution is 2.31. The average Bonchev–Trinajstić information content (AvgIpc) is 2.91. The van der Waals surface area contributed by atoms with Gasteiger partial charge in [0, 0.05) is 13.2 Å². The van der Waals surface area contributed by atoms with Gasteiger partial charge in [-0.15, -0.1) is 0 Å². The number of ether oxygens (including phenoxy) is 1. The molecule has 1 atom stereocenters. The number of amides is 1. The van der Waals surface area contributed by atoms with Gasteiger partial charge in [0.1, 0.15) is 17.2 Å². The van der Waals surface area contributed by atoms with Crippen LogP contribution in [0.2, 0.25) is 0 Å². The number of aryl methyl sites for hydroxylation is 1. The van der Waals surface area contributed by atoms with E-state index in [0.717, 1.165) is 0 Å². The van der Waals surface area contributed by atoms with Crippen LogP contribution in [0.25, 0.3) is 22.3 Å². The summed E-state index contributed by atoms with van der Waals surface area (Å²) in [5.74, 6) is 0.224. The molecule has 0 aliphatic rings. The number of benzene rings is 1. The first-order valence-corrected chi connectivity index (χ1v) is 8.73. The zero-order chi connectivity index (χ0) is 19.8. The molecule has 27 heavy (non-hydrogen) atoms. The standard InChI is InChI=1S/C20H23FN4O2/c1-12(23-19(26)27-20(2,3)4)18-24-15-10-9-13(21)16(17(15)25(18)5)14-8-6-7-11-22-14/h6-12H,1-5H3,(H,23,26)/t12-/m0/s1. The van der Waals surface area contributed by atoms with Gasteiger partial charge in [-0.3, -0.25) is 4.98 Å². The van der Waals surface area contributed by atoms with Crippen molar-refractivity contribution < 1.29 is 13.9 Å². The minimum absolute atomic E-state index is 0.372. The molecule has 0 aliphatic heterocycles. The topological polar surface area (TPSA) is 69.0 Å². The van der Waals surface area contributed by atoms with E-state index in [-0.39, 0.29) is 5.82 Å². The second kappa shape index (κ2) is 6.98. The third kappa shape index (κ3) is 3.92. The normalized spacial score (nSPS) is 12.8. The van der Waals surface area contributed by atoms with Crippen molar-refractivity contribution in [1.82, 2.24) is 19.9 Å². The molecule has 0 bridgehead atoms. The lowest BCUT2D eigenvalue weighted by atomic mass is 10.1. The Balaban J connectivity index is 2.02. The number of nitrogens with zero attached hydrogens (tertiary/aromatic N) is 3. The molecular formula is C20H23FN4O2. The predicted octanol–water partition coefficient (Wildman–Crippen LogP) is 4.36. The molecule has 142 valence electrons. The van der Waals surface area contributed by atoms with Gasteiger partial charge in [0.15, 0.2) is 0 Å². The quantitative estimate of drug-likeness (QED) is 0.744. The number of aromatic nitrogens is 3. The summed E-state index contributed by atoms with van der Waals surface area (Å²) in [7, 11) is 1.80. The monoisotopic (exact) mass is 370 g/mol. The van der Waals surface area contributed by atoms with Gasteiger partial charge < -0.3 is 14.6 Å². The number of hydrogen-bond acceptors (Lipinski definition) is 4. The summed E-state index contributed by atoms with van der Waals surface area (Å²) in [5, 5.41) is 2.77. The summed E-state index contributed by atoms with van der Waals surface area (Å²) >= 11 is 0. The van der Waals surface area contributed by atoms with E-state index >= 15 is 0 Å². The Bertz CT molecular complexity index is 977. The minimum atomic E-state index is -0.592. The van der Waals surface area contributed by atoms with E-state index in [4.69, 9.17) is 4.74 Å². The fourth-order valence-corrected chi connectivity index (χ4v) is 2.99. The average molecular weight is 370 g/mol. The van der Waals surface area contributed by atoms with E-state index in [9.17, 15) is 9.18 Å². The van der Waals surface area contributed by atoms with Crippen LogP contribution in [0.3, 0.4) is 0 Å². The molecule has 7 heteroatoms. The lowest BCUT2D eigenvalue weighted by molar-refractivity contribution is 0.0505. The van der Waals surface area contributed by atoms with Crippen LogP contribution in [-0.4, -0.2) is 26.2 Å². The zero-order valence-corrected chi connectivity index (χ0v) is 16.1. The number of imidazole rings is 1. The Kier molecular flexibility index (Phi) is 4.87. The summed E-state index contributed by atoms with van der Waals surface area (Å²) < 4.78 is 21.7. The lowest BCUT2D eigenvalue weighted by Crippen LogP contribution is -2.34. The van der Waals surface area contributed by atoms with Gasteiger partial charge in [0.05, 0.1) is 28.3 Å². The van der Waals surface area contributed by atoms with Crippen LogP contribution in [0.1, 0.15) is 39.6 Å². The SMILES string of the molecule is C[C@H](NC(=O)OC(C)(C)C)c1nc2ccc(F)c(-c3ccccn3)c2n1C. The van der Waals surface area contributed by atoms with Crippen molar-refractivity contribution in [2.75, 3.05) is 0 Å². The van der Waals surface area contributed by atoms with E-state index in [1.165, 1.54) is 6.07 Å². The first-order valence-electron chi connectivity index (χ1n) is 8.73. The Morgan fingerprint density at radius 3 is 2.63 bits per heavy atom. The third-order valence-electron chi connectivity index (χ3n) is 4.06. The number of carbonyl (C=O) groups is 1. The Hall–Kier alpha value is -2.96. The zero-order valence-electron chi connectivity index (χ0n) is 16.1. The van der Waals surface area contributed by atoms with Crippen LogP contribution >= 0.6 is 0 Å². The van der Waals surface area contributed by atoms with E-state index in [1.54, 1.807) is 56.8 Å². The van der Waals surface area contributed by atoms with Gasteiger partial charge in [0.25, 0.3) is 0 Å². The van der Waals surface area contributed by atoms with Gasteiger partial charge in [-0.2, -0.15) is 0 Å². The summed E-state index contributed by atoms with van der Waals surface area (Å²) in [5.41, 5.74) is 1.58. The molecule has 6 nitrogen and oxygen atoms in total. The maximum absolute atomic E-state index is 14.6. The third-order valence-corrected chi connectivity index (χ3v) is 4.06. The number of rotatable bonds is 3. The first-order chi connectivity index (χ1) is 12.7. The molecule has 3 aromatic rings. The number of halogens is 1. The smallest absolute Gasteiger partial charge is 0.408 e. The van der Waals surface area contributed by atoms with Crippen molar-refractivity contribution in [1.29, 1.82) is 0 Å². The van der Waals surface area contributed by atoms with Crippen LogP contribution in [0.5, 0.6) is 0 Å². The maximum atomic E-state index is 14.6. The molecule has 1 N–H and O–H groups in total. The Morgan fingerprint density at radius 2 is 2.00 bits per heavy atom. The molecule has 1 amide bonds. The second-order valence-electron chi connectivity index (χ2n) is 7.40. The molecule has 1 aromatic carbocycles. The number of pyridine rings is 1. The number of nitrogens with one attached hydrogen (secondary N) is 1. The summed E-state index contributed by atoms with van der Waals surface area (Å²) in [6.45, 7) is 7.21. The van der Waals surface area contributed by atoms with E-state index < -0.39 is 17.7 Å². The summed E-state index contributed by atoms with van der Waals surface area (Å²) in [4.78, 5) is 20.9. The molecule has 0 radical (unpaired) electrons. The lowest BCUT2D eigenvalue weighted by Gasteiger charge is -2.21. The molecule has 0 fully saturated rings. The van der Waals surface area contributed by atoms with Crippen molar-refractivity contribution in [3.05, 3.63) is 48.2 Å². The highest BCUT2D eigenvalue weighted by Gasteiger charge is 2.23. The molecule has 2 aromatic heterocycles. The molecule has 0 saturated carbocycles. The van der Waals surface area contributed by atoms with E-state index in [2.05, 4.69) is 15.3 Å². The first kappa shape index (κ1) is 18.8. The molecule has 0 saturated heterocycles. The fourth-order valence-electron chi connectivity index (χ4n) is 2.99. The van der Waals surface area contributed by atoms with Crippen LogP contribution < -0.4 is 5.32 Å². The second-order valence-corrected chi connectivity index (χ2v) is 7.40. The Morgan fingerprint density at radius 1 is 1.26 bits per heavy atom. The molecule has 3 rings (SSSR count). The van der Waals surface area contributed by atoms with Gasteiger partial charge in [-0.05, 0) is 52.0 Å². The minimum Gasteiger partial charge on any atom is -0.444 e. The van der Waals surface area contributed by atoms with E-state index in [1.807, 2.05) is 13.0 Å². The Labute approximate surface area is 157 Å². The van der Waals surface area contributed by atoms with E-state index in [0.29, 0.717) is 28.1 Å². The predicted molar refractivity (Wildman–Crippen MR) is 102 cm³/mol. The van der Waals surface area contributed by atoms with Gasteiger partial charge in [-0.25, -0.2) is 14.2 Å². The number of alkyl carbamates (subject to hydrolysis) is 1. The van der Waals surface area contributed by atoms with Crippen molar-refractivity contribution in [3.8, 4) is 11.3 Å². The van der Waals surface area contributed by atoms with Crippen LogP contribution in [-0.2, 0) is 11.8 Å². The van der Waals surface area contributed by atoms with Crippen molar-refractivity contribution >= 4 is 17.1 Å². The van der Waals surface area contributed by atoms with Crippen LogP contribution in [0.4, 0.5) is 9.18 Å². The highest BCUT2D eigenvalue weighted by molar-refractivity contribution is 5.92. The number of fused-ring (bicyclic) bond motifs is 1. The molecule has 2 heterocycles. The van der Waals surface area contributed by atoms with Gasteiger partial charge in [0.2, 0.25) is 0 Å².